The molecular weight excluding hydrogens is 720 g/mol. The smallest absolute Gasteiger partial charge is 0.417 e. The van der Waals surface area contributed by atoms with Crippen LogP contribution in [0.3, 0.4) is 0 Å². The Kier molecular flexibility index (Phi) is 11.8. The number of alkyl halides is 3. The molecule has 3 aromatic rings. The van der Waals surface area contributed by atoms with Gasteiger partial charge in [0, 0.05) is 119 Å². The van der Waals surface area contributed by atoms with Gasteiger partial charge in [-0.1, -0.05) is 18.2 Å². The number of phenols is 1. The van der Waals surface area contributed by atoms with Gasteiger partial charge in [0.25, 0.3) is 0 Å². The summed E-state index contributed by atoms with van der Waals surface area (Å²) in [6.07, 6.45) is -3.90. The number of β-amino-alcohol motifs (C(OH)–C–C–N with tert-alkyl or cyclic N) is 1. The van der Waals surface area contributed by atoms with Crippen molar-refractivity contribution in [1.82, 2.24) is 28.8 Å². The quantitative estimate of drug-likeness (QED) is 0.282. The number of thioether (sulfide) groups is 1. The van der Waals surface area contributed by atoms with E-state index >= 15 is 0 Å². The average molecular weight is 766 g/mol. The zero-order chi connectivity index (χ0) is 37.2. The molecule has 4 heterocycles. The highest BCUT2D eigenvalue weighted by Gasteiger charge is 2.35. The van der Waals surface area contributed by atoms with Gasteiger partial charge in [-0.2, -0.15) is 22.6 Å². The fourth-order valence-corrected chi connectivity index (χ4v) is 9.09. The monoisotopic (exact) mass is 765 g/mol. The molecule has 2 N–H and O–H groups in total. The molecule has 3 aliphatic heterocycles. The second-order valence-corrected chi connectivity index (χ2v) is 16.8. The Balaban J connectivity index is 1.19. The molecule has 0 aliphatic carbocycles. The summed E-state index contributed by atoms with van der Waals surface area (Å²) in [7, 11) is -3.55. The number of para-hydroxylation sites is 2. The number of carbonyl (C=O) groups is 1. The summed E-state index contributed by atoms with van der Waals surface area (Å²) in [6, 6.07) is 11.1. The molecular formula is C35H46F3N7O5S2. The second kappa shape index (κ2) is 15.9. The van der Waals surface area contributed by atoms with Crippen LogP contribution in [-0.4, -0.2) is 143 Å². The Morgan fingerprint density at radius 1 is 0.962 bits per heavy atom. The van der Waals surface area contributed by atoms with Crippen LogP contribution in [0.25, 0.3) is 11.3 Å². The predicted octanol–water partition coefficient (Wildman–Crippen LogP) is 3.03. The van der Waals surface area contributed by atoms with E-state index in [1.807, 2.05) is 12.1 Å². The summed E-state index contributed by atoms with van der Waals surface area (Å²) < 4.78 is 70.8. The van der Waals surface area contributed by atoms with Crippen LogP contribution in [0.15, 0.2) is 47.4 Å². The maximum atomic E-state index is 14.2. The summed E-state index contributed by atoms with van der Waals surface area (Å²) in [5.74, 6) is 0.650. The van der Waals surface area contributed by atoms with E-state index in [1.165, 1.54) is 23.4 Å². The molecule has 0 bridgehead atoms. The maximum absolute atomic E-state index is 14.2. The molecule has 1 unspecified atom stereocenters. The van der Waals surface area contributed by atoms with Gasteiger partial charge in [0.2, 0.25) is 15.9 Å². The fraction of sp³-hybridized carbons (Fsp3) is 0.543. The van der Waals surface area contributed by atoms with Crippen molar-refractivity contribution in [2.75, 3.05) is 88.9 Å². The van der Waals surface area contributed by atoms with E-state index in [0.29, 0.717) is 94.4 Å². The van der Waals surface area contributed by atoms with Crippen LogP contribution < -0.4 is 4.90 Å². The van der Waals surface area contributed by atoms with Crippen molar-refractivity contribution in [2.45, 2.75) is 43.6 Å². The van der Waals surface area contributed by atoms with E-state index in [1.54, 1.807) is 21.7 Å². The average Bonchev–Trinajstić information content (AvgIpc) is 3.45. The summed E-state index contributed by atoms with van der Waals surface area (Å²) in [4.78, 5) is 19.9. The Labute approximate surface area is 306 Å². The third-order valence-electron chi connectivity index (χ3n) is 10.1. The number of aromatic nitrogens is 2. The lowest BCUT2D eigenvalue weighted by atomic mass is 10.0. The Bertz CT molecular complexity index is 1840. The SMILES string of the molecule is CC(=O)N1CCN(CCSc2cc(-c3nn(CC(O)CN4CCN(c5ccccc5O)CC4)c4c3CN(S(C)(=O)=O)CC4)ccc2C(F)(F)F)CC1. The number of aliphatic hydroxyl groups excluding tert-OH is 1. The van der Waals surface area contributed by atoms with Crippen LogP contribution in [0.2, 0.25) is 0 Å². The molecule has 284 valence electrons. The molecule has 52 heavy (non-hydrogen) atoms. The third-order valence-corrected chi connectivity index (χ3v) is 12.3. The van der Waals surface area contributed by atoms with Gasteiger partial charge < -0.3 is 20.0 Å². The van der Waals surface area contributed by atoms with Crippen molar-refractivity contribution in [3.05, 3.63) is 59.3 Å². The number of amides is 1. The predicted molar refractivity (Wildman–Crippen MR) is 194 cm³/mol. The van der Waals surface area contributed by atoms with E-state index in [-0.39, 0.29) is 36.2 Å². The van der Waals surface area contributed by atoms with Crippen molar-refractivity contribution in [2.24, 2.45) is 0 Å². The molecule has 6 rings (SSSR count). The number of hydrogen-bond donors (Lipinski definition) is 2. The van der Waals surface area contributed by atoms with Crippen LogP contribution in [0.5, 0.6) is 5.75 Å². The number of anilines is 1. The summed E-state index contributed by atoms with van der Waals surface area (Å²) >= 11 is 1.12. The highest BCUT2D eigenvalue weighted by atomic mass is 32.2. The number of sulfonamides is 1. The van der Waals surface area contributed by atoms with Gasteiger partial charge in [0.15, 0.2) is 0 Å². The summed E-state index contributed by atoms with van der Waals surface area (Å²) in [5, 5.41) is 26.3. The highest BCUT2D eigenvalue weighted by molar-refractivity contribution is 7.99. The van der Waals surface area contributed by atoms with Gasteiger partial charge in [-0.15, -0.1) is 11.8 Å². The molecule has 0 saturated carbocycles. The standard InChI is InChI=1S/C35H46F3N7O5S2/c1-25(46)42-15-11-40(12-16-42)19-20-51-33-21-26(7-8-29(33)35(36,37)38)34-28-24-44(52(2,49)50)10-9-30(28)45(39-34)23-27(47)22-41-13-17-43(18-14-41)31-5-3-4-6-32(31)48/h3-8,21,27,47-48H,9-20,22-24H2,1-2H3. The first kappa shape index (κ1) is 38.4. The van der Waals surface area contributed by atoms with E-state index in [4.69, 9.17) is 5.10 Å². The van der Waals surface area contributed by atoms with Gasteiger partial charge in [-0.05, 0) is 24.3 Å². The van der Waals surface area contributed by atoms with Crippen LogP contribution in [0.4, 0.5) is 18.9 Å². The van der Waals surface area contributed by atoms with Crippen LogP contribution in [-0.2, 0) is 40.5 Å². The molecule has 2 aromatic carbocycles. The molecule has 17 heteroatoms. The topological polar surface area (TPSA) is 126 Å². The van der Waals surface area contributed by atoms with E-state index < -0.39 is 27.9 Å². The number of piperazine rings is 2. The number of benzene rings is 2. The first-order chi connectivity index (χ1) is 24.7. The normalized spacial score (nSPS) is 18.8. The molecule has 1 atom stereocenters. The minimum Gasteiger partial charge on any atom is -0.506 e. The molecule has 2 saturated heterocycles. The molecule has 0 radical (unpaired) electrons. The van der Waals surface area contributed by atoms with Gasteiger partial charge in [-0.25, -0.2) is 8.42 Å². The van der Waals surface area contributed by atoms with Gasteiger partial charge in [-0.3, -0.25) is 19.3 Å². The fourth-order valence-electron chi connectivity index (χ4n) is 7.18. The molecule has 3 aliphatic rings. The van der Waals surface area contributed by atoms with E-state index in [9.17, 15) is 36.6 Å². The largest absolute Gasteiger partial charge is 0.506 e. The highest BCUT2D eigenvalue weighted by Crippen LogP contribution is 2.40. The van der Waals surface area contributed by atoms with E-state index in [0.717, 1.165) is 35.5 Å². The lowest BCUT2D eigenvalue weighted by Crippen LogP contribution is -2.49. The summed E-state index contributed by atoms with van der Waals surface area (Å²) in [5.41, 5.74) is 2.27. The number of halogens is 3. The minimum atomic E-state index is -4.57. The van der Waals surface area contributed by atoms with Crippen LogP contribution >= 0.6 is 11.8 Å². The number of hydrogen-bond acceptors (Lipinski definition) is 10. The van der Waals surface area contributed by atoms with Crippen LogP contribution in [0, 0.1) is 0 Å². The van der Waals surface area contributed by atoms with Gasteiger partial charge >= 0.3 is 6.18 Å². The number of aromatic hydroxyl groups is 1. The van der Waals surface area contributed by atoms with Crippen molar-refractivity contribution < 1.29 is 36.6 Å². The summed E-state index contributed by atoms with van der Waals surface area (Å²) in [6.45, 7) is 8.08. The van der Waals surface area contributed by atoms with Crippen molar-refractivity contribution in [3.8, 4) is 17.0 Å². The molecule has 0 spiro atoms. The molecule has 2 fully saturated rings. The first-order valence-electron chi connectivity index (χ1n) is 17.5. The zero-order valence-electron chi connectivity index (χ0n) is 29.4. The zero-order valence-corrected chi connectivity index (χ0v) is 31.1. The Morgan fingerprint density at radius 2 is 1.65 bits per heavy atom. The van der Waals surface area contributed by atoms with Crippen molar-refractivity contribution in [3.63, 3.8) is 0 Å². The number of fused-ring (bicyclic) bond motifs is 1. The molecule has 1 aromatic heterocycles. The molecule has 12 nitrogen and oxygen atoms in total. The minimum absolute atomic E-state index is 0.0135. The Morgan fingerprint density at radius 3 is 2.31 bits per heavy atom. The maximum Gasteiger partial charge on any atom is 0.417 e. The Hall–Kier alpha value is -3.35. The number of nitrogens with zero attached hydrogens (tertiary/aromatic N) is 7. The first-order valence-corrected chi connectivity index (χ1v) is 20.3. The number of phenolic OH excluding ortho intramolecular Hbond substituents is 1. The molecule has 1 amide bonds. The third kappa shape index (κ3) is 9.05. The van der Waals surface area contributed by atoms with Crippen LogP contribution in [0.1, 0.15) is 23.7 Å². The number of aliphatic hydroxyl groups is 1. The van der Waals surface area contributed by atoms with Gasteiger partial charge in [0.05, 0.1) is 35.8 Å². The van der Waals surface area contributed by atoms with Gasteiger partial charge in [0.1, 0.15) is 5.75 Å². The van der Waals surface area contributed by atoms with Crippen molar-refractivity contribution >= 4 is 33.4 Å². The number of carbonyl (C=O) groups excluding carboxylic acids is 1. The van der Waals surface area contributed by atoms with Crippen molar-refractivity contribution in [1.29, 1.82) is 0 Å². The van der Waals surface area contributed by atoms with E-state index in [2.05, 4.69) is 14.7 Å². The lowest BCUT2D eigenvalue weighted by molar-refractivity contribution is -0.139. The lowest BCUT2D eigenvalue weighted by Gasteiger charge is -2.37. The number of rotatable bonds is 11. The second-order valence-electron chi connectivity index (χ2n) is 13.6.